The minimum Gasteiger partial charge on any atom is -0.445 e. The zero-order valence-corrected chi connectivity index (χ0v) is 8.30. The second-order valence-corrected chi connectivity index (χ2v) is 2.81. The summed E-state index contributed by atoms with van der Waals surface area (Å²) in [6.45, 7) is 0.218. The summed E-state index contributed by atoms with van der Waals surface area (Å²) < 4.78 is 4.84. The zero-order valence-electron chi connectivity index (χ0n) is 8.30. The van der Waals surface area contributed by atoms with Crippen molar-refractivity contribution >= 4 is 12.3 Å². The number of amides is 1. The van der Waals surface area contributed by atoms with E-state index in [1.807, 2.05) is 0 Å². The molecule has 0 bridgehead atoms. The van der Waals surface area contributed by atoms with Crippen LogP contribution in [0, 0.1) is 0 Å². The topological polar surface area (TPSA) is 70.9 Å². The molecule has 5 nitrogen and oxygen atoms in total. The summed E-state index contributed by atoms with van der Waals surface area (Å²) >= 11 is 0. The summed E-state index contributed by atoms with van der Waals surface area (Å²) in [7, 11) is 1.50. The van der Waals surface area contributed by atoms with E-state index >= 15 is 0 Å². The molecule has 80 valence electrons. The van der Waals surface area contributed by atoms with Crippen LogP contribution in [0.4, 0.5) is 4.79 Å². The fraction of sp³-hybridized carbons (Fsp3) is 0.200. The van der Waals surface area contributed by atoms with Crippen LogP contribution in [0.15, 0.2) is 29.4 Å². The summed E-state index contributed by atoms with van der Waals surface area (Å²) in [5, 5.41) is 13.5. The van der Waals surface area contributed by atoms with Crippen LogP contribution in [0.5, 0.6) is 0 Å². The maximum Gasteiger partial charge on any atom is 0.407 e. The van der Waals surface area contributed by atoms with Gasteiger partial charge < -0.3 is 15.3 Å². The summed E-state index contributed by atoms with van der Waals surface area (Å²) in [5.74, 6) is 0. The van der Waals surface area contributed by atoms with Crippen LogP contribution >= 0.6 is 0 Å². The smallest absolute Gasteiger partial charge is 0.407 e. The third-order valence-corrected chi connectivity index (χ3v) is 1.76. The maximum atomic E-state index is 10.8. The van der Waals surface area contributed by atoms with Gasteiger partial charge in [0.15, 0.2) is 0 Å². The first-order valence-electron chi connectivity index (χ1n) is 4.37. The van der Waals surface area contributed by atoms with Crippen molar-refractivity contribution in [2.75, 3.05) is 7.05 Å². The van der Waals surface area contributed by atoms with Gasteiger partial charge in [-0.1, -0.05) is 29.4 Å². The summed E-state index contributed by atoms with van der Waals surface area (Å²) in [4.78, 5) is 10.8. The van der Waals surface area contributed by atoms with E-state index in [0.29, 0.717) is 0 Å². The Bertz CT molecular complexity index is 346. The van der Waals surface area contributed by atoms with Crippen LogP contribution in [-0.2, 0) is 11.3 Å². The minimum absolute atomic E-state index is 0.218. The van der Waals surface area contributed by atoms with Crippen LogP contribution in [0.1, 0.15) is 11.1 Å². The number of nitrogens with one attached hydrogen (secondary N) is 1. The molecule has 0 aliphatic heterocycles. The Kier molecular flexibility index (Phi) is 4.15. The van der Waals surface area contributed by atoms with Crippen LogP contribution in [-0.4, -0.2) is 24.6 Å². The number of hydrogen-bond acceptors (Lipinski definition) is 4. The van der Waals surface area contributed by atoms with Crippen molar-refractivity contribution in [3.8, 4) is 0 Å². The first-order chi connectivity index (χ1) is 7.26. The van der Waals surface area contributed by atoms with E-state index in [1.54, 1.807) is 24.3 Å². The van der Waals surface area contributed by atoms with Gasteiger partial charge in [0.1, 0.15) is 6.61 Å². The number of carbonyl (C=O) groups excluding carboxylic acids is 1. The number of carbonyl (C=O) groups is 1. The van der Waals surface area contributed by atoms with E-state index in [4.69, 9.17) is 9.94 Å². The fourth-order valence-corrected chi connectivity index (χ4v) is 0.988. The lowest BCUT2D eigenvalue weighted by Crippen LogP contribution is -2.18. The van der Waals surface area contributed by atoms with Crippen molar-refractivity contribution in [3.63, 3.8) is 0 Å². The average Bonchev–Trinajstić information content (AvgIpc) is 2.28. The molecule has 0 radical (unpaired) electrons. The van der Waals surface area contributed by atoms with Gasteiger partial charge in [-0.05, 0) is 11.1 Å². The number of benzene rings is 1. The second kappa shape index (κ2) is 5.64. The molecule has 0 spiro atoms. The van der Waals surface area contributed by atoms with Crippen LogP contribution in [0.25, 0.3) is 0 Å². The Hall–Kier alpha value is -2.04. The van der Waals surface area contributed by atoms with Gasteiger partial charge in [-0.3, -0.25) is 0 Å². The normalized spacial score (nSPS) is 10.2. The highest BCUT2D eigenvalue weighted by Crippen LogP contribution is 2.04. The van der Waals surface area contributed by atoms with Crippen molar-refractivity contribution in [2.24, 2.45) is 5.16 Å². The van der Waals surface area contributed by atoms with E-state index in [-0.39, 0.29) is 6.61 Å². The largest absolute Gasteiger partial charge is 0.445 e. The number of nitrogens with zero attached hydrogens (tertiary/aromatic N) is 1. The van der Waals surface area contributed by atoms with E-state index in [2.05, 4.69) is 10.5 Å². The quantitative estimate of drug-likeness (QED) is 0.447. The predicted octanol–water partition coefficient (Wildman–Crippen LogP) is 1.35. The Morgan fingerprint density at radius 3 is 2.73 bits per heavy atom. The molecule has 0 saturated heterocycles. The number of alkyl carbamates (subject to hydrolysis) is 1. The highest BCUT2D eigenvalue weighted by Gasteiger charge is 1.98. The molecule has 5 heteroatoms. The van der Waals surface area contributed by atoms with Gasteiger partial charge in [-0.25, -0.2) is 4.79 Å². The Morgan fingerprint density at radius 2 is 2.20 bits per heavy atom. The predicted molar refractivity (Wildman–Crippen MR) is 55.1 cm³/mol. The van der Waals surface area contributed by atoms with E-state index in [1.165, 1.54) is 13.3 Å². The minimum atomic E-state index is -0.462. The first-order valence-corrected chi connectivity index (χ1v) is 4.37. The first kappa shape index (κ1) is 11.0. The summed E-state index contributed by atoms with van der Waals surface area (Å²) in [5.41, 5.74) is 1.65. The van der Waals surface area contributed by atoms with Crippen LogP contribution < -0.4 is 5.32 Å². The van der Waals surface area contributed by atoms with Crippen LogP contribution in [0.3, 0.4) is 0 Å². The molecular weight excluding hydrogens is 196 g/mol. The summed E-state index contributed by atoms with van der Waals surface area (Å²) in [6, 6.07) is 7.12. The van der Waals surface area contributed by atoms with Crippen molar-refractivity contribution in [2.45, 2.75) is 6.61 Å². The van der Waals surface area contributed by atoms with E-state index in [0.717, 1.165) is 11.1 Å². The molecule has 0 atom stereocenters. The van der Waals surface area contributed by atoms with Gasteiger partial charge in [-0.15, -0.1) is 0 Å². The highest BCUT2D eigenvalue weighted by molar-refractivity contribution is 5.78. The summed E-state index contributed by atoms with van der Waals surface area (Å²) in [6.07, 6.45) is 0.861. The lowest BCUT2D eigenvalue weighted by Gasteiger charge is -2.03. The maximum absolute atomic E-state index is 10.8. The lowest BCUT2D eigenvalue weighted by molar-refractivity contribution is 0.142. The van der Waals surface area contributed by atoms with Gasteiger partial charge in [-0.2, -0.15) is 0 Å². The molecule has 0 aliphatic rings. The molecule has 1 rings (SSSR count). The number of rotatable bonds is 3. The Balaban J connectivity index is 2.53. The monoisotopic (exact) mass is 208 g/mol. The molecule has 0 aromatic heterocycles. The molecule has 0 aliphatic carbocycles. The van der Waals surface area contributed by atoms with Crippen molar-refractivity contribution in [1.82, 2.24) is 5.32 Å². The standard InChI is InChI=1S/C10H12N2O3/c1-11-10(13)15-7-9-4-2-8(3-5-9)6-12-14/h2-6,14H,7H2,1H3,(H,11,13)/b12-6+. The molecule has 0 heterocycles. The molecule has 1 amide bonds. The molecule has 15 heavy (non-hydrogen) atoms. The molecule has 0 fully saturated rings. The molecule has 1 aromatic rings. The number of ether oxygens (including phenoxy) is 1. The van der Waals surface area contributed by atoms with Gasteiger partial charge in [0.25, 0.3) is 0 Å². The van der Waals surface area contributed by atoms with Crippen LogP contribution in [0.2, 0.25) is 0 Å². The van der Waals surface area contributed by atoms with Crippen molar-refractivity contribution in [1.29, 1.82) is 0 Å². The van der Waals surface area contributed by atoms with E-state index < -0.39 is 6.09 Å². The molecular formula is C10H12N2O3. The number of hydrogen-bond donors (Lipinski definition) is 2. The van der Waals surface area contributed by atoms with Gasteiger partial charge >= 0.3 is 6.09 Å². The fourth-order valence-electron chi connectivity index (χ4n) is 0.988. The highest BCUT2D eigenvalue weighted by atomic mass is 16.5. The van der Waals surface area contributed by atoms with Crippen molar-refractivity contribution < 1.29 is 14.7 Å². The Morgan fingerprint density at radius 1 is 1.53 bits per heavy atom. The molecule has 1 aromatic carbocycles. The van der Waals surface area contributed by atoms with Gasteiger partial charge in [0, 0.05) is 7.05 Å². The zero-order chi connectivity index (χ0) is 11.1. The van der Waals surface area contributed by atoms with Gasteiger partial charge in [0.2, 0.25) is 0 Å². The van der Waals surface area contributed by atoms with Gasteiger partial charge in [0.05, 0.1) is 6.21 Å². The molecule has 0 saturated carbocycles. The Labute approximate surface area is 87.4 Å². The SMILES string of the molecule is CNC(=O)OCc1ccc(/C=N/O)cc1. The van der Waals surface area contributed by atoms with E-state index in [9.17, 15) is 4.79 Å². The third-order valence-electron chi connectivity index (χ3n) is 1.76. The molecule has 0 unspecified atom stereocenters. The number of oxime groups is 1. The average molecular weight is 208 g/mol. The molecule has 2 N–H and O–H groups in total. The lowest BCUT2D eigenvalue weighted by atomic mass is 10.1. The third kappa shape index (κ3) is 3.68. The van der Waals surface area contributed by atoms with Crippen molar-refractivity contribution in [3.05, 3.63) is 35.4 Å². The second-order valence-electron chi connectivity index (χ2n) is 2.81.